The molecule has 0 saturated heterocycles. The van der Waals surface area contributed by atoms with Crippen LogP contribution in [0.5, 0.6) is 11.5 Å². The first-order chi connectivity index (χ1) is 19.1. The van der Waals surface area contributed by atoms with Gasteiger partial charge in [-0.05, 0) is 66.3 Å². The van der Waals surface area contributed by atoms with E-state index in [4.69, 9.17) is 9.47 Å². The van der Waals surface area contributed by atoms with Gasteiger partial charge in [-0.25, -0.2) is 9.18 Å². The second-order valence-corrected chi connectivity index (χ2v) is 10.4. The Labute approximate surface area is 234 Å². The summed E-state index contributed by atoms with van der Waals surface area (Å²) in [7, 11) is 0. The van der Waals surface area contributed by atoms with Crippen molar-refractivity contribution in [3.05, 3.63) is 83.7 Å². The Morgan fingerprint density at radius 2 is 1.23 bits per heavy atom. The van der Waals surface area contributed by atoms with Crippen molar-refractivity contribution < 1.29 is 18.7 Å². The zero-order valence-electron chi connectivity index (χ0n) is 23.9. The van der Waals surface area contributed by atoms with Crippen molar-refractivity contribution >= 4 is 5.97 Å². The Kier molecular flexibility index (Phi) is 13.6. The molecule has 0 saturated carbocycles. The molecule has 0 radical (unpaired) electrons. The molecule has 0 aliphatic heterocycles. The number of hydrogen-bond acceptors (Lipinski definition) is 3. The molecule has 0 spiro atoms. The van der Waals surface area contributed by atoms with Crippen LogP contribution in [-0.4, -0.2) is 12.6 Å². The van der Waals surface area contributed by atoms with E-state index in [1.54, 1.807) is 18.2 Å². The highest BCUT2D eigenvalue weighted by Gasteiger charge is 2.13. The Morgan fingerprint density at radius 3 is 1.85 bits per heavy atom. The number of hydrogen-bond donors (Lipinski definition) is 0. The highest BCUT2D eigenvalue weighted by molar-refractivity contribution is 5.91. The van der Waals surface area contributed by atoms with E-state index < -0.39 is 11.8 Å². The van der Waals surface area contributed by atoms with E-state index in [1.165, 1.54) is 81.9 Å². The van der Waals surface area contributed by atoms with Crippen molar-refractivity contribution in [2.45, 2.75) is 97.3 Å². The maximum absolute atomic E-state index is 14.5. The van der Waals surface area contributed by atoms with E-state index >= 15 is 0 Å². The number of carbonyl (C=O) groups is 1. The van der Waals surface area contributed by atoms with Crippen LogP contribution in [0, 0.1) is 5.82 Å². The lowest BCUT2D eigenvalue weighted by molar-refractivity contribution is 0.0734. The van der Waals surface area contributed by atoms with Crippen molar-refractivity contribution in [2.75, 3.05) is 6.61 Å². The monoisotopic (exact) mass is 532 g/mol. The zero-order valence-corrected chi connectivity index (χ0v) is 23.9. The van der Waals surface area contributed by atoms with Gasteiger partial charge in [0.15, 0.2) is 11.6 Å². The van der Waals surface area contributed by atoms with Crippen LogP contribution in [0.15, 0.2) is 66.7 Å². The molecule has 0 N–H and O–H groups in total. The second-order valence-electron chi connectivity index (χ2n) is 10.4. The highest BCUT2D eigenvalue weighted by atomic mass is 19.1. The number of aryl methyl sites for hydroxylation is 1. The van der Waals surface area contributed by atoms with E-state index in [-0.39, 0.29) is 11.3 Å². The van der Waals surface area contributed by atoms with Gasteiger partial charge < -0.3 is 9.47 Å². The molecule has 0 unspecified atom stereocenters. The Balaban J connectivity index is 1.44. The van der Waals surface area contributed by atoms with E-state index in [0.717, 1.165) is 30.4 Å². The topological polar surface area (TPSA) is 35.5 Å². The molecule has 3 nitrogen and oxygen atoms in total. The van der Waals surface area contributed by atoms with Crippen molar-refractivity contribution in [1.29, 1.82) is 0 Å². The molecule has 0 heterocycles. The lowest BCUT2D eigenvalue weighted by atomic mass is 10.0. The highest BCUT2D eigenvalue weighted by Crippen LogP contribution is 2.25. The fourth-order valence-corrected chi connectivity index (χ4v) is 4.66. The molecule has 4 heteroatoms. The number of rotatable bonds is 18. The van der Waals surface area contributed by atoms with E-state index in [0.29, 0.717) is 12.4 Å². The third-order valence-electron chi connectivity index (χ3n) is 7.09. The quantitative estimate of drug-likeness (QED) is 0.0928. The van der Waals surface area contributed by atoms with Crippen molar-refractivity contribution in [1.82, 2.24) is 0 Å². The fraction of sp³-hybridized carbons (Fsp3) is 0.457. The van der Waals surface area contributed by atoms with Crippen LogP contribution < -0.4 is 9.47 Å². The molecule has 3 rings (SSSR count). The summed E-state index contributed by atoms with van der Waals surface area (Å²) in [6.07, 6.45) is 15.8. The minimum atomic E-state index is -0.594. The first kappa shape index (κ1) is 30.4. The Hall–Kier alpha value is -3.14. The molecule has 0 fully saturated rings. The van der Waals surface area contributed by atoms with Gasteiger partial charge in [0.05, 0.1) is 12.2 Å². The van der Waals surface area contributed by atoms with Crippen molar-refractivity contribution in [3.8, 4) is 22.6 Å². The molecule has 0 aliphatic rings. The Bertz CT molecular complexity index is 1110. The molecule has 3 aromatic rings. The van der Waals surface area contributed by atoms with Gasteiger partial charge in [-0.15, -0.1) is 0 Å². The van der Waals surface area contributed by atoms with Crippen molar-refractivity contribution in [3.63, 3.8) is 0 Å². The first-order valence-corrected chi connectivity index (χ1v) is 14.9. The summed E-state index contributed by atoms with van der Waals surface area (Å²) in [5.74, 6) is -0.549. The van der Waals surface area contributed by atoms with Gasteiger partial charge in [0, 0.05) is 0 Å². The number of benzene rings is 3. The summed E-state index contributed by atoms with van der Waals surface area (Å²) < 4.78 is 25.6. The minimum absolute atomic E-state index is 0.158. The molecule has 0 bridgehead atoms. The molecular weight excluding hydrogens is 487 g/mol. The first-order valence-electron chi connectivity index (χ1n) is 14.9. The van der Waals surface area contributed by atoms with Crippen LogP contribution in [-0.2, 0) is 6.42 Å². The maximum Gasteiger partial charge on any atom is 0.343 e. The van der Waals surface area contributed by atoms with Gasteiger partial charge in [-0.2, -0.15) is 0 Å². The molecule has 0 amide bonds. The van der Waals surface area contributed by atoms with Gasteiger partial charge in [0.2, 0.25) is 0 Å². The van der Waals surface area contributed by atoms with E-state index in [1.807, 2.05) is 12.1 Å². The van der Waals surface area contributed by atoms with E-state index in [2.05, 4.69) is 38.1 Å². The van der Waals surface area contributed by atoms with Gasteiger partial charge in [0.1, 0.15) is 5.75 Å². The SMILES string of the molecule is CCCCCCCCCOc1ccc(C(=O)Oc2ccc(-c3ccc(CCCCCCC)cc3)cc2)cc1F. The largest absolute Gasteiger partial charge is 0.491 e. The lowest BCUT2D eigenvalue weighted by Gasteiger charge is -2.10. The molecule has 0 atom stereocenters. The summed E-state index contributed by atoms with van der Waals surface area (Å²) in [5, 5.41) is 0. The molecule has 210 valence electrons. The molecular formula is C35H45FO3. The van der Waals surface area contributed by atoms with Gasteiger partial charge >= 0.3 is 5.97 Å². The summed E-state index contributed by atoms with van der Waals surface area (Å²) in [6.45, 7) is 4.92. The molecule has 39 heavy (non-hydrogen) atoms. The van der Waals surface area contributed by atoms with E-state index in [9.17, 15) is 9.18 Å². The fourth-order valence-electron chi connectivity index (χ4n) is 4.66. The predicted octanol–water partition coefficient (Wildman–Crippen LogP) is 10.4. The van der Waals surface area contributed by atoms with Gasteiger partial charge in [-0.1, -0.05) is 114 Å². The van der Waals surface area contributed by atoms with Crippen LogP contribution in [0.3, 0.4) is 0 Å². The normalized spacial score (nSPS) is 10.9. The number of carbonyl (C=O) groups excluding carboxylic acids is 1. The van der Waals surface area contributed by atoms with Crippen LogP contribution in [0.2, 0.25) is 0 Å². The lowest BCUT2D eigenvalue weighted by Crippen LogP contribution is -2.09. The maximum atomic E-state index is 14.5. The summed E-state index contributed by atoms with van der Waals surface area (Å²) >= 11 is 0. The minimum Gasteiger partial charge on any atom is -0.491 e. The number of unbranched alkanes of at least 4 members (excludes halogenated alkanes) is 10. The number of ether oxygens (including phenoxy) is 2. The summed E-state index contributed by atoms with van der Waals surface area (Å²) in [5.41, 5.74) is 3.70. The average molecular weight is 533 g/mol. The van der Waals surface area contributed by atoms with Crippen LogP contribution in [0.1, 0.15) is 107 Å². The summed E-state index contributed by atoms with van der Waals surface area (Å²) in [4.78, 5) is 12.6. The number of halogens is 1. The molecule has 0 aromatic heterocycles. The predicted molar refractivity (Wildman–Crippen MR) is 159 cm³/mol. The number of esters is 1. The molecule has 3 aromatic carbocycles. The van der Waals surface area contributed by atoms with Gasteiger partial charge in [-0.3, -0.25) is 0 Å². The standard InChI is InChI=1S/C35H45FO3/c1-3-5-7-9-10-12-14-26-38-34-25-22-31(27-33(34)36)35(37)39-32-23-20-30(21-24-32)29-18-16-28(17-19-29)15-13-11-8-6-4-2/h16-25,27H,3-15,26H2,1-2H3. The second kappa shape index (κ2) is 17.4. The summed E-state index contributed by atoms with van der Waals surface area (Å²) in [6, 6.07) is 20.3. The third kappa shape index (κ3) is 10.9. The zero-order chi connectivity index (χ0) is 27.7. The average Bonchev–Trinajstić information content (AvgIpc) is 2.96. The van der Waals surface area contributed by atoms with Crippen molar-refractivity contribution in [2.24, 2.45) is 0 Å². The van der Waals surface area contributed by atoms with Crippen LogP contribution >= 0.6 is 0 Å². The smallest absolute Gasteiger partial charge is 0.343 e. The van der Waals surface area contributed by atoms with Crippen LogP contribution in [0.25, 0.3) is 11.1 Å². The van der Waals surface area contributed by atoms with Crippen LogP contribution in [0.4, 0.5) is 4.39 Å². The van der Waals surface area contributed by atoms with Gasteiger partial charge in [0.25, 0.3) is 0 Å². The molecule has 0 aliphatic carbocycles. The third-order valence-corrected chi connectivity index (χ3v) is 7.09. The Morgan fingerprint density at radius 1 is 0.667 bits per heavy atom.